The number of carbonyl (C=O) groups is 2. The van der Waals surface area contributed by atoms with Crippen LogP contribution < -0.4 is 9.47 Å². The molecule has 0 aromatic heterocycles. The topological polar surface area (TPSA) is 95.7 Å². The van der Waals surface area contributed by atoms with Crippen molar-refractivity contribution in [2.24, 2.45) is 5.41 Å². The smallest absolute Gasteiger partial charge is 0.326 e. The van der Waals surface area contributed by atoms with Gasteiger partial charge in [-0.05, 0) is 24.5 Å². The van der Waals surface area contributed by atoms with Crippen LogP contribution in [-0.4, -0.2) is 30.3 Å². The second kappa shape index (κ2) is 6.19. The molecule has 0 saturated carbocycles. The molecule has 1 aliphatic carbocycles. The summed E-state index contributed by atoms with van der Waals surface area (Å²) in [6, 6.07) is 11.9. The second-order valence-electron chi connectivity index (χ2n) is 6.82. The molecule has 7 nitrogen and oxygen atoms in total. The highest BCUT2D eigenvalue weighted by Gasteiger charge is 2.60. The summed E-state index contributed by atoms with van der Waals surface area (Å²) in [6.07, 6.45) is 0.669. The molecule has 0 bridgehead atoms. The lowest BCUT2D eigenvalue weighted by molar-refractivity contribution is -0.485. The zero-order valence-corrected chi connectivity index (χ0v) is 14.6. The van der Waals surface area contributed by atoms with Crippen LogP contribution >= 0.6 is 0 Å². The first-order valence-corrected chi connectivity index (χ1v) is 8.62. The average molecular weight is 367 g/mol. The van der Waals surface area contributed by atoms with Crippen molar-refractivity contribution in [3.8, 4) is 11.5 Å². The number of rotatable bonds is 3. The third-order valence-corrected chi connectivity index (χ3v) is 5.55. The molecule has 4 rings (SSSR count). The number of aryl methyl sites for hydroxylation is 1. The predicted molar refractivity (Wildman–Crippen MR) is 94.8 cm³/mol. The molecule has 0 saturated heterocycles. The van der Waals surface area contributed by atoms with Gasteiger partial charge in [0.1, 0.15) is 16.9 Å². The second-order valence-corrected chi connectivity index (χ2v) is 6.82. The van der Waals surface area contributed by atoms with Crippen LogP contribution in [0.1, 0.15) is 33.8 Å². The lowest BCUT2D eigenvalue weighted by Crippen LogP contribution is -2.53. The first-order valence-electron chi connectivity index (χ1n) is 8.62. The zero-order chi connectivity index (χ0) is 19.2. The van der Waals surface area contributed by atoms with Crippen molar-refractivity contribution in [2.45, 2.75) is 18.8 Å². The van der Waals surface area contributed by atoms with Crippen molar-refractivity contribution in [3.63, 3.8) is 0 Å². The Morgan fingerprint density at radius 2 is 2.04 bits per heavy atom. The highest BCUT2D eigenvalue weighted by atomic mass is 16.6. The number of ether oxygens (including phenoxy) is 2. The van der Waals surface area contributed by atoms with E-state index in [1.807, 2.05) is 12.1 Å². The van der Waals surface area contributed by atoms with E-state index in [1.165, 1.54) is 13.2 Å². The Morgan fingerprint density at radius 3 is 2.78 bits per heavy atom. The molecule has 1 aliphatic heterocycles. The Kier molecular flexibility index (Phi) is 3.95. The fourth-order valence-corrected chi connectivity index (χ4v) is 4.19. The Labute approximate surface area is 155 Å². The highest BCUT2D eigenvalue weighted by Crippen LogP contribution is 2.52. The highest BCUT2D eigenvalue weighted by molar-refractivity contribution is 6.16. The number of nitrogens with zero attached hydrogens (tertiary/aromatic N) is 1. The predicted octanol–water partition coefficient (Wildman–Crippen LogP) is 2.79. The molecular formula is C20H17NO6. The Hall–Kier alpha value is -3.22. The maximum atomic E-state index is 13.4. The number of hydrogen-bond donors (Lipinski definition) is 0. The molecule has 2 atom stereocenters. The number of hydrogen-bond acceptors (Lipinski definition) is 6. The summed E-state index contributed by atoms with van der Waals surface area (Å²) in [5, 5.41) is 11.4. The number of benzene rings is 2. The maximum Gasteiger partial charge on any atom is 0.326 e. The number of fused-ring (bicyclic) bond motifs is 2. The molecule has 0 amide bonds. The van der Waals surface area contributed by atoms with Crippen molar-refractivity contribution < 1.29 is 24.0 Å². The van der Waals surface area contributed by atoms with Crippen LogP contribution in [0.25, 0.3) is 0 Å². The van der Waals surface area contributed by atoms with Crippen molar-refractivity contribution in [2.75, 3.05) is 13.7 Å². The molecule has 138 valence electrons. The third-order valence-electron chi connectivity index (χ3n) is 5.55. The number of ketones is 1. The molecule has 0 N–H and O–H groups in total. The SMILES string of the molecule is COc1ccc2c(c1)OC(=O)[C@]1(CCc3ccccc3C1=O)[C@H]2C[N+](=O)[O-]. The number of Topliss-reactive ketones (excluding diaryl/α,β-unsaturated/α-hetero) is 1. The molecule has 0 radical (unpaired) electrons. The molecule has 0 unspecified atom stereocenters. The summed E-state index contributed by atoms with van der Waals surface area (Å²) < 4.78 is 10.6. The summed E-state index contributed by atoms with van der Waals surface area (Å²) in [6.45, 7) is -0.525. The number of nitro groups is 1. The van der Waals surface area contributed by atoms with E-state index in [1.54, 1.807) is 24.3 Å². The molecule has 0 fully saturated rings. The van der Waals surface area contributed by atoms with E-state index in [-0.39, 0.29) is 12.2 Å². The monoisotopic (exact) mass is 367 g/mol. The quantitative estimate of drug-likeness (QED) is 0.272. The van der Waals surface area contributed by atoms with Crippen LogP contribution in [0.3, 0.4) is 0 Å². The molecule has 27 heavy (non-hydrogen) atoms. The first-order chi connectivity index (χ1) is 13.0. The van der Waals surface area contributed by atoms with E-state index in [0.717, 1.165) is 5.56 Å². The average Bonchev–Trinajstić information content (AvgIpc) is 2.66. The summed E-state index contributed by atoms with van der Waals surface area (Å²) in [4.78, 5) is 37.3. The minimum absolute atomic E-state index is 0.186. The van der Waals surface area contributed by atoms with Crippen LogP contribution in [0.15, 0.2) is 42.5 Å². The van der Waals surface area contributed by atoms with Crippen LogP contribution in [-0.2, 0) is 11.2 Å². The largest absolute Gasteiger partial charge is 0.497 e. The van der Waals surface area contributed by atoms with Crippen molar-refractivity contribution >= 4 is 11.8 Å². The van der Waals surface area contributed by atoms with Crippen LogP contribution in [0, 0.1) is 15.5 Å². The summed E-state index contributed by atoms with van der Waals surface area (Å²) in [7, 11) is 1.48. The van der Waals surface area contributed by atoms with Gasteiger partial charge in [-0.2, -0.15) is 0 Å². The molecule has 2 aromatic carbocycles. The molecule has 7 heteroatoms. The number of esters is 1. The summed E-state index contributed by atoms with van der Waals surface area (Å²) >= 11 is 0. The molecular weight excluding hydrogens is 350 g/mol. The molecule has 2 aliphatic rings. The van der Waals surface area contributed by atoms with E-state index < -0.39 is 34.6 Å². The normalized spacial score (nSPS) is 23.4. The number of methoxy groups -OCH3 is 1. The van der Waals surface area contributed by atoms with Gasteiger partial charge in [0.15, 0.2) is 5.78 Å². The van der Waals surface area contributed by atoms with E-state index in [4.69, 9.17) is 9.47 Å². The van der Waals surface area contributed by atoms with Gasteiger partial charge in [0.2, 0.25) is 6.54 Å². The standard InChI is InChI=1S/C20H17NO6/c1-26-13-6-7-15-16(11-21(24)25)20(19(23)27-17(15)10-13)9-8-12-4-2-3-5-14(12)18(20)22/h2-7,10,16H,8-9,11H2,1H3/t16-,20+/m0/s1. The fourth-order valence-electron chi connectivity index (χ4n) is 4.19. The van der Waals surface area contributed by atoms with Crippen LogP contribution in [0.4, 0.5) is 0 Å². The van der Waals surface area contributed by atoms with Crippen LogP contribution in [0.5, 0.6) is 11.5 Å². The fraction of sp³-hybridized carbons (Fsp3) is 0.300. The van der Waals surface area contributed by atoms with Gasteiger partial charge in [-0.1, -0.05) is 30.3 Å². The van der Waals surface area contributed by atoms with E-state index >= 15 is 0 Å². The van der Waals surface area contributed by atoms with Gasteiger partial charge in [0.05, 0.1) is 13.0 Å². The molecule has 1 spiro atoms. The molecule has 2 aromatic rings. The van der Waals surface area contributed by atoms with Crippen molar-refractivity contribution in [1.82, 2.24) is 0 Å². The maximum absolute atomic E-state index is 13.4. The van der Waals surface area contributed by atoms with E-state index in [9.17, 15) is 19.7 Å². The Balaban J connectivity index is 1.90. The first kappa shape index (κ1) is 17.2. The minimum atomic E-state index is -1.58. The Morgan fingerprint density at radius 1 is 1.26 bits per heavy atom. The van der Waals surface area contributed by atoms with Crippen molar-refractivity contribution in [1.29, 1.82) is 0 Å². The zero-order valence-electron chi connectivity index (χ0n) is 14.6. The third kappa shape index (κ3) is 2.50. The molecule has 1 heterocycles. The van der Waals surface area contributed by atoms with Crippen molar-refractivity contribution in [3.05, 3.63) is 69.3 Å². The minimum Gasteiger partial charge on any atom is -0.497 e. The van der Waals surface area contributed by atoms with Gasteiger partial charge in [0, 0.05) is 22.1 Å². The lowest BCUT2D eigenvalue weighted by atomic mass is 9.60. The summed E-state index contributed by atoms with van der Waals surface area (Å²) in [5.41, 5.74) is 0.190. The summed E-state index contributed by atoms with van der Waals surface area (Å²) in [5.74, 6) is -1.34. The van der Waals surface area contributed by atoms with Gasteiger partial charge >= 0.3 is 5.97 Å². The van der Waals surface area contributed by atoms with Crippen LogP contribution in [0.2, 0.25) is 0 Å². The van der Waals surface area contributed by atoms with E-state index in [2.05, 4.69) is 0 Å². The van der Waals surface area contributed by atoms with Gasteiger partial charge in [-0.15, -0.1) is 0 Å². The van der Waals surface area contributed by atoms with Gasteiger partial charge in [0.25, 0.3) is 0 Å². The van der Waals surface area contributed by atoms with Gasteiger partial charge < -0.3 is 9.47 Å². The Bertz CT molecular complexity index is 969. The number of carbonyl (C=O) groups excluding carboxylic acids is 2. The van der Waals surface area contributed by atoms with E-state index in [0.29, 0.717) is 23.3 Å². The van der Waals surface area contributed by atoms with Gasteiger partial charge in [-0.3, -0.25) is 19.7 Å². The van der Waals surface area contributed by atoms with Gasteiger partial charge in [-0.25, -0.2) is 0 Å². The lowest BCUT2D eigenvalue weighted by Gasteiger charge is -2.42.